The van der Waals surface area contributed by atoms with Crippen molar-refractivity contribution < 1.29 is 18.6 Å². The number of rotatable bonds is 8. The molecule has 0 saturated carbocycles. The van der Waals surface area contributed by atoms with Gasteiger partial charge in [0.15, 0.2) is 17.5 Å². The van der Waals surface area contributed by atoms with Crippen LogP contribution >= 0.6 is 0 Å². The average Bonchev–Trinajstić information content (AvgIpc) is 2.78. The summed E-state index contributed by atoms with van der Waals surface area (Å²) in [4.78, 5) is 9.05. The van der Waals surface area contributed by atoms with Crippen molar-refractivity contribution in [2.75, 3.05) is 66.7 Å². The van der Waals surface area contributed by atoms with Crippen LogP contribution in [0.4, 0.5) is 4.39 Å². The van der Waals surface area contributed by atoms with E-state index in [9.17, 15) is 4.39 Å². The third-order valence-electron chi connectivity index (χ3n) is 5.63. The lowest BCUT2D eigenvalue weighted by molar-refractivity contribution is -0.0320. The molecule has 0 spiro atoms. The number of guanidine groups is 1. The summed E-state index contributed by atoms with van der Waals surface area (Å²) in [6.45, 7) is 7.62. The van der Waals surface area contributed by atoms with E-state index in [0.29, 0.717) is 6.10 Å². The van der Waals surface area contributed by atoms with E-state index in [4.69, 9.17) is 14.2 Å². The fraction of sp³-hybridized carbons (Fsp3) is 0.682. The van der Waals surface area contributed by atoms with Crippen LogP contribution in [-0.2, 0) is 16.0 Å². The van der Waals surface area contributed by atoms with Gasteiger partial charge in [-0.1, -0.05) is 6.07 Å². The molecular weight excluding hydrogens is 387 g/mol. The summed E-state index contributed by atoms with van der Waals surface area (Å²) in [5.74, 6) is 0.923. The molecule has 0 atom stereocenters. The highest BCUT2D eigenvalue weighted by molar-refractivity contribution is 5.79. The number of ether oxygens (including phenoxy) is 3. The second-order valence-electron chi connectivity index (χ2n) is 7.74. The molecule has 0 aromatic heterocycles. The van der Waals surface area contributed by atoms with Crippen LogP contribution < -0.4 is 10.1 Å². The van der Waals surface area contributed by atoms with E-state index >= 15 is 0 Å². The normalized spacial score (nSPS) is 19.2. The molecule has 7 nitrogen and oxygen atoms in total. The molecule has 2 heterocycles. The van der Waals surface area contributed by atoms with Gasteiger partial charge in [-0.15, -0.1) is 0 Å². The predicted octanol–water partition coefficient (Wildman–Crippen LogP) is 2.11. The minimum atomic E-state index is -0.306. The molecule has 1 N–H and O–H groups in total. The van der Waals surface area contributed by atoms with Gasteiger partial charge in [-0.25, -0.2) is 4.39 Å². The number of piperazine rings is 1. The molecule has 1 aromatic rings. The van der Waals surface area contributed by atoms with Crippen molar-refractivity contribution in [3.05, 3.63) is 29.6 Å². The average molecular weight is 423 g/mol. The van der Waals surface area contributed by atoms with E-state index in [1.165, 1.54) is 7.11 Å². The highest BCUT2D eigenvalue weighted by Crippen LogP contribution is 2.19. The summed E-state index contributed by atoms with van der Waals surface area (Å²) in [5, 5.41) is 3.45. The van der Waals surface area contributed by atoms with Gasteiger partial charge in [0.2, 0.25) is 0 Å². The van der Waals surface area contributed by atoms with Crippen molar-refractivity contribution in [3.63, 3.8) is 0 Å². The van der Waals surface area contributed by atoms with E-state index in [1.807, 2.05) is 13.1 Å². The van der Waals surface area contributed by atoms with Gasteiger partial charge in [-0.3, -0.25) is 9.89 Å². The van der Waals surface area contributed by atoms with Gasteiger partial charge in [0.05, 0.1) is 13.2 Å². The number of nitrogens with zero attached hydrogens (tertiary/aromatic N) is 3. The van der Waals surface area contributed by atoms with Crippen molar-refractivity contribution in [2.24, 2.45) is 4.99 Å². The fourth-order valence-corrected chi connectivity index (χ4v) is 3.88. The number of nitrogens with one attached hydrogen (secondary N) is 1. The second-order valence-corrected chi connectivity index (χ2v) is 7.74. The minimum absolute atomic E-state index is 0.289. The molecule has 8 heteroatoms. The SMILES string of the molecule is CN=C(NCCCOC1CCOCC1)N1CCN(Cc2ccc(OC)c(F)c2)CC1. The van der Waals surface area contributed by atoms with Gasteiger partial charge in [0.1, 0.15) is 0 Å². The predicted molar refractivity (Wildman–Crippen MR) is 116 cm³/mol. The Morgan fingerprint density at radius 3 is 2.67 bits per heavy atom. The number of hydrogen-bond donors (Lipinski definition) is 1. The van der Waals surface area contributed by atoms with Crippen molar-refractivity contribution in [1.82, 2.24) is 15.1 Å². The smallest absolute Gasteiger partial charge is 0.193 e. The van der Waals surface area contributed by atoms with Crippen LogP contribution in [-0.4, -0.2) is 88.6 Å². The summed E-state index contributed by atoms with van der Waals surface area (Å²) >= 11 is 0. The summed E-state index contributed by atoms with van der Waals surface area (Å²) in [5.41, 5.74) is 0.966. The van der Waals surface area contributed by atoms with Crippen LogP contribution in [0.2, 0.25) is 0 Å². The standard InChI is InChI=1S/C22H35FN4O3/c1-24-22(25-8-3-13-30-19-6-14-29-15-7-19)27-11-9-26(10-12-27)17-18-4-5-21(28-2)20(23)16-18/h4-5,16,19H,3,6-15,17H2,1-2H3,(H,24,25). The molecule has 0 radical (unpaired) electrons. The zero-order valence-corrected chi connectivity index (χ0v) is 18.2. The number of benzene rings is 1. The van der Waals surface area contributed by atoms with Gasteiger partial charge in [0, 0.05) is 66.1 Å². The van der Waals surface area contributed by atoms with Gasteiger partial charge >= 0.3 is 0 Å². The lowest BCUT2D eigenvalue weighted by Gasteiger charge is -2.36. The molecule has 0 unspecified atom stereocenters. The molecular formula is C22H35FN4O3. The molecule has 2 saturated heterocycles. The molecule has 168 valence electrons. The lowest BCUT2D eigenvalue weighted by atomic mass is 10.1. The highest BCUT2D eigenvalue weighted by Gasteiger charge is 2.20. The van der Waals surface area contributed by atoms with Crippen molar-refractivity contribution in [3.8, 4) is 5.75 Å². The summed E-state index contributed by atoms with van der Waals surface area (Å²) < 4.78 is 30.2. The summed E-state index contributed by atoms with van der Waals surface area (Å²) in [6, 6.07) is 5.18. The van der Waals surface area contributed by atoms with Crippen molar-refractivity contribution in [1.29, 1.82) is 0 Å². The molecule has 0 bridgehead atoms. The Morgan fingerprint density at radius 2 is 2.00 bits per heavy atom. The maximum Gasteiger partial charge on any atom is 0.193 e. The topological polar surface area (TPSA) is 58.6 Å². The fourth-order valence-electron chi connectivity index (χ4n) is 3.88. The van der Waals surface area contributed by atoms with Crippen LogP contribution in [0.3, 0.4) is 0 Å². The first kappa shape index (κ1) is 22.8. The van der Waals surface area contributed by atoms with E-state index in [-0.39, 0.29) is 11.6 Å². The Labute approximate surface area is 179 Å². The van der Waals surface area contributed by atoms with Gasteiger partial charge in [-0.05, 0) is 37.0 Å². The Hall–Kier alpha value is -1.90. The largest absolute Gasteiger partial charge is 0.494 e. The first-order valence-corrected chi connectivity index (χ1v) is 10.9. The minimum Gasteiger partial charge on any atom is -0.494 e. The quantitative estimate of drug-likeness (QED) is 0.393. The Kier molecular flexibility index (Phi) is 9.17. The number of hydrogen-bond acceptors (Lipinski definition) is 5. The number of methoxy groups -OCH3 is 1. The summed E-state index contributed by atoms with van der Waals surface area (Å²) in [7, 11) is 3.31. The number of aliphatic imine (C=N–C) groups is 1. The lowest BCUT2D eigenvalue weighted by Crippen LogP contribution is -2.52. The van der Waals surface area contributed by atoms with Crippen molar-refractivity contribution >= 4 is 5.96 Å². The molecule has 3 rings (SSSR count). The van der Waals surface area contributed by atoms with Crippen LogP contribution in [0.25, 0.3) is 0 Å². The van der Waals surface area contributed by atoms with Crippen LogP contribution in [0.1, 0.15) is 24.8 Å². The summed E-state index contributed by atoms with van der Waals surface area (Å²) in [6.07, 6.45) is 3.31. The Bertz CT molecular complexity index is 674. The zero-order valence-electron chi connectivity index (χ0n) is 18.2. The molecule has 0 amide bonds. The molecule has 1 aromatic carbocycles. The first-order valence-electron chi connectivity index (χ1n) is 10.9. The van der Waals surface area contributed by atoms with E-state index in [1.54, 1.807) is 12.1 Å². The van der Waals surface area contributed by atoms with Gasteiger partial charge < -0.3 is 24.4 Å². The molecule has 0 aliphatic carbocycles. The Morgan fingerprint density at radius 1 is 1.23 bits per heavy atom. The first-order chi connectivity index (χ1) is 14.7. The molecule has 2 fully saturated rings. The highest BCUT2D eigenvalue weighted by atomic mass is 19.1. The van der Waals surface area contributed by atoms with E-state index < -0.39 is 0 Å². The Balaban J connectivity index is 1.34. The van der Waals surface area contributed by atoms with Crippen molar-refractivity contribution in [2.45, 2.75) is 31.9 Å². The number of halogens is 1. The zero-order chi connectivity index (χ0) is 21.2. The van der Waals surface area contributed by atoms with Crippen LogP contribution in [0.15, 0.2) is 23.2 Å². The second kappa shape index (κ2) is 12.1. The van der Waals surface area contributed by atoms with Gasteiger partial charge in [0.25, 0.3) is 0 Å². The molecule has 2 aliphatic rings. The monoisotopic (exact) mass is 422 g/mol. The van der Waals surface area contributed by atoms with E-state index in [0.717, 1.165) is 89.9 Å². The third kappa shape index (κ3) is 6.82. The third-order valence-corrected chi connectivity index (χ3v) is 5.63. The maximum absolute atomic E-state index is 13.9. The van der Waals surface area contributed by atoms with Crippen LogP contribution in [0, 0.1) is 5.82 Å². The maximum atomic E-state index is 13.9. The van der Waals surface area contributed by atoms with Gasteiger partial charge in [-0.2, -0.15) is 0 Å². The van der Waals surface area contributed by atoms with Crippen LogP contribution in [0.5, 0.6) is 5.75 Å². The molecule has 30 heavy (non-hydrogen) atoms. The molecule has 2 aliphatic heterocycles. The van der Waals surface area contributed by atoms with E-state index in [2.05, 4.69) is 20.1 Å².